The summed E-state index contributed by atoms with van der Waals surface area (Å²) in [4.78, 5) is 66.0. The molecule has 0 rings (SSSR count). The van der Waals surface area contributed by atoms with Crippen molar-refractivity contribution in [2.24, 2.45) is 0 Å². The van der Waals surface area contributed by atoms with E-state index in [0.29, 0.717) is 23.7 Å². The van der Waals surface area contributed by atoms with Gasteiger partial charge in [-0.05, 0) is 119 Å². The van der Waals surface area contributed by atoms with Crippen molar-refractivity contribution in [3.63, 3.8) is 0 Å². The fraction of sp³-hybridized carbons (Fsp3) is 0.500. The fourth-order valence-electron chi connectivity index (χ4n) is 4.53. The molecule has 0 saturated heterocycles. The first-order valence-electron chi connectivity index (χ1n) is 19.1. The van der Waals surface area contributed by atoms with E-state index in [1.807, 2.05) is 13.8 Å². The van der Waals surface area contributed by atoms with Gasteiger partial charge in [-0.3, -0.25) is 9.59 Å². The molecule has 59 heavy (non-hydrogen) atoms. The second-order valence-corrected chi connectivity index (χ2v) is 16.2. The summed E-state index contributed by atoms with van der Waals surface area (Å²) < 4.78 is 0. The molecule has 15 heteroatoms. The summed E-state index contributed by atoms with van der Waals surface area (Å²) in [5.74, 6) is -5.25. The van der Waals surface area contributed by atoms with Crippen molar-refractivity contribution in [1.82, 2.24) is 10.6 Å². The Balaban J connectivity index is -0.00000105. The number of carboxylic acids is 4. The molecule has 4 N–H and O–H groups in total. The van der Waals surface area contributed by atoms with Gasteiger partial charge in [-0.2, -0.15) is 23.5 Å². The molecule has 0 aliphatic rings. The van der Waals surface area contributed by atoms with Crippen molar-refractivity contribution < 1.29 is 49.2 Å². The number of carbonyl (C=O) groups excluding carboxylic acids is 4. The van der Waals surface area contributed by atoms with Gasteiger partial charge in [0, 0.05) is 35.2 Å². The third kappa shape index (κ3) is 41.4. The third-order valence-electron chi connectivity index (χ3n) is 7.88. The molecule has 2 atom stereocenters. The maximum Gasteiger partial charge on any atom is 2.00 e. The topological polar surface area (TPSA) is 213 Å². The Labute approximate surface area is 397 Å². The van der Waals surface area contributed by atoms with Crippen LogP contribution in [0.4, 0.5) is 0 Å². The van der Waals surface area contributed by atoms with Gasteiger partial charge in [0.05, 0.1) is 11.9 Å². The summed E-state index contributed by atoms with van der Waals surface area (Å²) in [6.07, 6.45) is 23.9. The van der Waals surface area contributed by atoms with Crippen molar-refractivity contribution in [2.45, 2.75) is 119 Å². The number of nitrogens with one attached hydrogen (secondary N) is 2. The van der Waals surface area contributed by atoms with Gasteiger partial charge in [0.25, 0.3) is 0 Å². The minimum atomic E-state index is -1.51. The number of hydrogen-bond acceptors (Lipinski definition) is 10. The standard InChI is InChI=1S/2C22H33NO5S.Sr/c2*1-16(2)7-5-8-17(3)9-6-10-18(4)13-14-29-15-19(22(27)28)23-20(24)11-12-21(25)26;/h2*7,9,11-13,19H,5-6,8,10,14-15H2,1-4H3,(H,23,24)(H,25,26)(H,27,28);/q;;+2/p-2/b2*12-11+,17-9+,18-13+;/t2*19-;/m00./s1. The fourth-order valence-corrected chi connectivity index (χ4v) is 6.53. The molecule has 0 unspecified atom stereocenters. The van der Waals surface area contributed by atoms with Crippen molar-refractivity contribution in [3.05, 3.63) is 94.2 Å². The number of carbonyl (C=O) groups is 6. The molecule has 0 spiro atoms. The normalized spacial score (nSPS) is 13.0. The molecule has 0 fully saturated rings. The van der Waals surface area contributed by atoms with Crippen LogP contribution >= 0.6 is 23.5 Å². The second-order valence-electron chi connectivity index (χ2n) is 14.1. The van der Waals surface area contributed by atoms with Crippen LogP contribution in [0.1, 0.15) is 107 Å². The zero-order valence-electron chi connectivity index (χ0n) is 36.1. The summed E-state index contributed by atoms with van der Waals surface area (Å²) in [5.41, 5.74) is 7.92. The number of aliphatic carboxylic acids is 4. The molecule has 0 aliphatic heterocycles. The van der Waals surface area contributed by atoms with Crippen molar-refractivity contribution in [1.29, 1.82) is 0 Å². The van der Waals surface area contributed by atoms with Crippen LogP contribution in [0.2, 0.25) is 0 Å². The maximum absolute atomic E-state index is 11.5. The molecule has 0 aliphatic carbocycles. The van der Waals surface area contributed by atoms with E-state index in [0.717, 1.165) is 63.5 Å². The molecular formula is C44H64N2O10S2Sr. The molecule has 12 nitrogen and oxygen atoms in total. The number of thioether (sulfide) groups is 2. The summed E-state index contributed by atoms with van der Waals surface area (Å²) in [5, 5.41) is 43.4. The number of rotatable bonds is 28. The molecule has 0 aromatic heterocycles. The Kier molecular flexibility index (Phi) is 38.7. The van der Waals surface area contributed by atoms with Gasteiger partial charge in [-0.25, -0.2) is 9.59 Å². The first kappa shape index (κ1) is 60.2. The quantitative estimate of drug-likeness (QED) is 0.0325. The smallest absolute Gasteiger partial charge is 0.545 e. The molecule has 0 aromatic carbocycles. The van der Waals surface area contributed by atoms with E-state index in [-0.39, 0.29) is 57.0 Å². The van der Waals surface area contributed by atoms with Crippen LogP contribution in [-0.2, 0) is 28.8 Å². The number of carboxylic acid groups (broad SMARTS) is 4. The Morgan fingerprint density at radius 1 is 0.492 bits per heavy atom. The van der Waals surface area contributed by atoms with Crippen LogP contribution < -0.4 is 20.8 Å². The Morgan fingerprint density at radius 3 is 1.05 bits per heavy atom. The molecule has 2 amide bonds. The molecular weight excluding hydrogens is 868 g/mol. The van der Waals surface area contributed by atoms with Gasteiger partial charge in [-0.15, -0.1) is 0 Å². The third-order valence-corrected chi connectivity index (χ3v) is 9.83. The van der Waals surface area contributed by atoms with Gasteiger partial charge in [0.15, 0.2) is 0 Å². The van der Waals surface area contributed by atoms with Crippen molar-refractivity contribution >= 4 is 105 Å². The zero-order chi connectivity index (χ0) is 44.5. The van der Waals surface area contributed by atoms with Crippen molar-refractivity contribution in [3.8, 4) is 0 Å². The number of amides is 2. The number of hydrogen-bond donors (Lipinski definition) is 4. The summed E-state index contributed by atoms with van der Waals surface area (Å²) >= 11 is 2.78. The summed E-state index contributed by atoms with van der Waals surface area (Å²) in [6, 6.07) is -2.17. The van der Waals surface area contributed by atoms with Gasteiger partial charge < -0.3 is 40.6 Å². The van der Waals surface area contributed by atoms with E-state index in [2.05, 4.69) is 88.6 Å². The van der Waals surface area contributed by atoms with Crippen molar-refractivity contribution in [2.75, 3.05) is 23.0 Å². The number of allylic oxidation sites excluding steroid dienone is 10. The minimum Gasteiger partial charge on any atom is -0.545 e. The van der Waals surface area contributed by atoms with Gasteiger partial charge in [0.1, 0.15) is 12.1 Å². The van der Waals surface area contributed by atoms with E-state index in [1.54, 1.807) is 0 Å². The average Bonchev–Trinajstić information content (AvgIpc) is 3.12. The largest absolute Gasteiger partial charge is 2.00 e. The summed E-state index contributed by atoms with van der Waals surface area (Å²) in [7, 11) is 0. The first-order valence-corrected chi connectivity index (χ1v) is 21.4. The van der Waals surface area contributed by atoms with E-state index < -0.39 is 47.8 Å². The molecule has 0 radical (unpaired) electrons. The van der Waals surface area contributed by atoms with Crippen LogP contribution in [0.3, 0.4) is 0 Å². The minimum absolute atomic E-state index is 0. The predicted octanol–water partition coefficient (Wildman–Crippen LogP) is 5.65. The molecule has 0 aromatic rings. The van der Waals surface area contributed by atoms with Gasteiger partial charge >= 0.3 is 57.4 Å². The molecule has 0 heterocycles. The summed E-state index contributed by atoms with van der Waals surface area (Å²) in [6.45, 7) is 16.8. The van der Waals surface area contributed by atoms with E-state index in [9.17, 15) is 39.0 Å². The molecule has 0 saturated carbocycles. The second kappa shape index (κ2) is 37.9. The van der Waals surface area contributed by atoms with Crippen LogP contribution in [0.25, 0.3) is 0 Å². The zero-order valence-corrected chi connectivity index (χ0v) is 41.2. The van der Waals surface area contributed by atoms with Crippen LogP contribution in [0.5, 0.6) is 0 Å². The van der Waals surface area contributed by atoms with E-state index >= 15 is 0 Å². The SMILES string of the molecule is CC(C)=CCC/C(C)=C/CC/C(C)=C/CSC[C@H](NC(=O)/C=C/C(=O)[O-])C(=O)O.CC(C)=CCC/C(C)=C/CC/C(C)=C/CSC[C@H](NC(=O)/C=C/C(=O)[O-])C(=O)O.[Sr+2]. The first-order chi connectivity index (χ1) is 27.2. The van der Waals surface area contributed by atoms with Crippen LogP contribution in [-0.4, -0.2) is 126 Å². The van der Waals surface area contributed by atoms with Crippen LogP contribution in [0, 0.1) is 0 Å². The maximum atomic E-state index is 11.5. The average molecular weight is 933 g/mol. The van der Waals surface area contributed by atoms with Gasteiger partial charge in [0.2, 0.25) is 11.8 Å². The Bertz CT molecular complexity index is 1470. The van der Waals surface area contributed by atoms with Gasteiger partial charge in [-0.1, -0.05) is 69.9 Å². The molecule has 324 valence electrons. The Morgan fingerprint density at radius 2 is 0.780 bits per heavy atom. The molecule has 0 bridgehead atoms. The Hall–Kier alpha value is -3.08. The van der Waals surface area contributed by atoms with Crippen LogP contribution in [0.15, 0.2) is 94.2 Å². The van der Waals surface area contributed by atoms with E-state index in [4.69, 9.17) is 10.2 Å². The van der Waals surface area contributed by atoms with E-state index in [1.165, 1.54) is 57.0 Å². The predicted molar refractivity (Wildman–Crippen MR) is 239 cm³/mol. The monoisotopic (exact) mass is 932 g/mol.